The van der Waals surface area contributed by atoms with Gasteiger partial charge in [-0.15, -0.1) is 0 Å². The Morgan fingerprint density at radius 3 is 2.79 bits per heavy atom. The molecule has 1 aromatic heterocycles. The SMILES string of the molecule is CCNc1ncc([N+](=O)[O-])c(NCCNC(N)=O)n1. The number of nitrogens with two attached hydrogens (primary N) is 1. The van der Waals surface area contributed by atoms with E-state index in [1.54, 1.807) is 0 Å². The first-order valence-electron chi connectivity index (χ1n) is 5.57. The lowest BCUT2D eigenvalue weighted by Crippen LogP contribution is -2.33. The Balaban J connectivity index is 2.73. The second kappa shape index (κ2) is 6.93. The van der Waals surface area contributed by atoms with Gasteiger partial charge in [0.2, 0.25) is 11.8 Å². The first-order chi connectivity index (χ1) is 9.04. The van der Waals surface area contributed by atoms with Gasteiger partial charge in [0.05, 0.1) is 4.92 Å². The van der Waals surface area contributed by atoms with E-state index >= 15 is 0 Å². The summed E-state index contributed by atoms with van der Waals surface area (Å²) < 4.78 is 0. The van der Waals surface area contributed by atoms with Gasteiger partial charge >= 0.3 is 11.7 Å². The molecule has 10 nitrogen and oxygen atoms in total. The monoisotopic (exact) mass is 269 g/mol. The Bertz CT molecular complexity index is 465. The van der Waals surface area contributed by atoms with Gasteiger partial charge in [0, 0.05) is 19.6 Å². The molecule has 0 spiro atoms. The lowest BCUT2D eigenvalue weighted by molar-refractivity contribution is -0.384. The Labute approximate surface area is 108 Å². The van der Waals surface area contributed by atoms with Crippen LogP contribution in [0.3, 0.4) is 0 Å². The maximum Gasteiger partial charge on any atom is 0.329 e. The number of nitro groups is 1. The molecule has 0 aromatic carbocycles. The summed E-state index contributed by atoms with van der Waals surface area (Å²) in [5.41, 5.74) is 4.66. The van der Waals surface area contributed by atoms with Crippen LogP contribution in [0, 0.1) is 10.1 Å². The van der Waals surface area contributed by atoms with Crippen molar-refractivity contribution in [3.8, 4) is 0 Å². The molecule has 0 aliphatic heterocycles. The average Bonchev–Trinajstić information content (AvgIpc) is 2.34. The summed E-state index contributed by atoms with van der Waals surface area (Å²) >= 11 is 0. The number of anilines is 2. The van der Waals surface area contributed by atoms with Crippen LogP contribution in [0.15, 0.2) is 6.20 Å². The highest BCUT2D eigenvalue weighted by molar-refractivity contribution is 5.71. The highest BCUT2D eigenvalue weighted by atomic mass is 16.6. The number of nitrogens with one attached hydrogen (secondary N) is 3. The van der Waals surface area contributed by atoms with Crippen LogP contribution in [-0.2, 0) is 0 Å². The largest absolute Gasteiger partial charge is 0.362 e. The number of hydrogen-bond acceptors (Lipinski definition) is 7. The van der Waals surface area contributed by atoms with Crippen molar-refractivity contribution in [2.45, 2.75) is 6.92 Å². The Morgan fingerprint density at radius 2 is 2.21 bits per heavy atom. The third kappa shape index (κ3) is 4.61. The number of carbonyl (C=O) groups excluding carboxylic acids is 1. The molecule has 0 aliphatic rings. The molecule has 5 N–H and O–H groups in total. The summed E-state index contributed by atoms with van der Waals surface area (Å²) in [5.74, 6) is 0.376. The summed E-state index contributed by atoms with van der Waals surface area (Å²) in [5, 5.41) is 18.8. The lowest BCUT2D eigenvalue weighted by atomic mass is 10.4. The quantitative estimate of drug-likeness (QED) is 0.306. The normalized spacial score (nSPS) is 9.74. The molecule has 0 atom stereocenters. The lowest BCUT2D eigenvalue weighted by Gasteiger charge is -2.08. The molecule has 0 radical (unpaired) electrons. The van der Waals surface area contributed by atoms with Crippen LogP contribution >= 0.6 is 0 Å². The zero-order chi connectivity index (χ0) is 14.3. The van der Waals surface area contributed by atoms with Crippen LogP contribution in [0.4, 0.5) is 22.2 Å². The van der Waals surface area contributed by atoms with Crippen molar-refractivity contribution >= 4 is 23.5 Å². The van der Waals surface area contributed by atoms with Crippen LogP contribution in [-0.4, -0.2) is 40.6 Å². The van der Waals surface area contributed by atoms with Gasteiger partial charge in [-0.2, -0.15) is 4.98 Å². The van der Waals surface area contributed by atoms with Gasteiger partial charge in [-0.1, -0.05) is 0 Å². The molecule has 1 heterocycles. The van der Waals surface area contributed by atoms with Crippen molar-refractivity contribution < 1.29 is 9.72 Å². The van der Waals surface area contributed by atoms with Crippen molar-refractivity contribution in [1.29, 1.82) is 0 Å². The van der Waals surface area contributed by atoms with Crippen molar-refractivity contribution in [3.63, 3.8) is 0 Å². The van der Waals surface area contributed by atoms with E-state index in [-0.39, 0.29) is 24.6 Å². The van der Waals surface area contributed by atoms with E-state index in [9.17, 15) is 14.9 Å². The third-order valence-corrected chi connectivity index (χ3v) is 2.02. The molecule has 0 saturated heterocycles. The van der Waals surface area contributed by atoms with Gasteiger partial charge in [-0.3, -0.25) is 10.1 Å². The number of primary amides is 1. The van der Waals surface area contributed by atoms with Gasteiger partial charge in [-0.25, -0.2) is 9.78 Å². The minimum Gasteiger partial charge on any atom is -0.362 e. The van der Waals surface area contributed by atoms with Crippen molar-refractivity contribution in [1.82, 2.24) is 15.3 Å². The molecule has 19 heavy (non-hydrogen) atoms. The number of amides is 2. The molecule has 2 amide bonds. The molecule has 1 rings (SSSR count). The molecule has 1 aromatic rings. The predicted molar refractivity (Wildman–Crippen MR) is 68.9 cm³/mol. The molecule has 0 aliphatic carbocycles. The molecule has 104 valence electrons. The second-order valence-electron chi connectivity index (χ2n) is 3.43. The topological polar surface area (TPSA) is 148 Å². The summed E-state index contributed by atoms with van der Waals surface area (Å²) in [6.07, 6.45) is 1.12. The van der Waals surface area contributed by atoms with E-state index in [4.69, 9.17) is 5.73 Å². The Kier molecular flexibility index (Phi) is 5.26. The van der Waals surface area contributed by atoms with E-state index in [2.05, 4.69) is 25.9 Å². The van der Waals surface area contributed by atoms with Crippen LogP contribution in [0.2, 0.25) is 0 Å². The summed E-state index contributed by atoms with van der Waals surface area (Å²) in [7, 11) is 0. The first kappa shape index (κ1) is 14.4. The zero-order valence-corrected chi connectivity index (χ0v) is 10.3. The Hall–Kier alpha value is -2.65. The van der Waals surface area contributed by atoms with E-state index < -0.39 is 11.0 Å². The number of nitrogens with zero attached hydrogens (tertiary/aromatic N) is 3. The van der Waals surface area contributed by atoms with Gasteiger partial charge in [-0.05, 0) is 6.92 Å². The fourth-order valence-electron chi connectivity index (χ4n) is 1.25. The summed E-state index contributed by atoms with van der Waals surface area (Å²) in [6.45, 7) is 2.94. The number of hydrogen-bond donors (Lipinski definition) is 4. The van der Waals surface area contributed by atoms with E-state index in [1.807, 2.05) is 6.92 Å². The predicted octanol–water partition coefficient (Wildman–Crippen LogP) is -0.103. The minimum atomic E-state index is -0.660. The number of carbonyl (C=O) groups is 1. The smallest absolute Gasteiger partial charge is 0.329 e. The Morgan fingerprint density at radius 1 is 1.47 bits per heavy atom. The maximum atomic E-state index is 10.8. The van der Waals surface area contributed by atoms with Crippen molar-refractivity contribution in [2.24, 2.45) is 5.73 Å². The molecular weight excluding hydrogens is 254 g/mol. The molecule has 0 fully saturated rings. The average molecular weight is 269 g/mol. The van der Waals surface area contributed by atoms with Crippen LogP contribution in [0.1, 0.15) is 6.92 Å². The van der Waals surface area contributed by atoms with Crippen molar-refractivity contribution in [2.75, 3.05) is 30.3 Å². The fourth-order valence-corrected chi connectivity index (χ4v) is 1.25. The minimum absolute atomic E-state index is 0.0854. The molecule has 0 saturated carbocycles. The van der Waals surface area contributed by atoms with Crippen molar-refractivity contribution in [3.05, 3.63) is 16.3 Å². The van der Waals surface area contributed by atoms with E-state index in [0.29, 0.717) is 12.5 Å². The number of rotatable bonds is 7. The van der Waals surface area contributed by atoms with Crippen LogP contribution < -0.4 is 21.7 Å². The standard InChI is InChI=1S/C9H15N7O3/c1-2-11-9-14-5-6(16(18)19)7(15-9)12-3-4-13-8(10)17/h5H,2-4H2,1H3,(H3,10,13,17)(H2,11,12,14,15). The number of urea groups is 1. The summed E-state index contributed by atoms with van der Waals surface area (Å²) in [4.78, 5) is 28.5. The first-order valence-corrected chi connectivity index (χ1v) is 5.57. The molecule has 10 heteroatoms. The van der Waals surface area contributed by atoms with Gasteiger partial charge in [0.1, 0.15) is 6.20 Å². The highest BCUT2D eigenvalue weighted by Crippen LogP contribution is 2.21. The molecule has 0 unspecified atom stereocenters. The van der Waals surface area contributed by atoms with E-state index in [1.165, 1.54) is 0 Å². The highest BCUT2D eigenvalue weighted by Gasteiger charge is 2.16. The van der Waals surface area contributed by atoms with E-state index in [0.717, 1.165) is 6.20 Å². The second-order valence-corrected chi connectivity index (χ2v) is 3.43. The molecular formula is C9H15N7O3. The van der Waals surface area contributed by atoms with Crippen LogP contribution in [0.25, 0.3) is 0 Å². The fraction of sp³-hybridized carbons (Fsp3) is 0.444. The van der Waals surface area contributed by atoms with Gasteiger partial charge in [0.25, 0.3) is 0 Å². The maximum absolute atomic E-state index is 10.8. The molecule has 0 bridgehead atoms. The van der Waals surface area contributed by atoms with Gasteiger partial charge in [0.15, 0.2) is 0 Å². The number of aromatic nitrogens is 2. The van der Waals surface area contributed by atoms with Gasteiger partial charge < -0.3 is 21.7 Å². The van der Waals surface area contributed by atoms with Crippen LogP contribution in [0.5, 0.6) is 0 Å². The zero-order valence-electron chi connectivity index (χ0n) is 10.3. The summed E-state index contributed by atoms with van der Waals surface area (Å²) in [6, 6.07) is -0.660. The third-order valence-electron chi connectivity index (χ3n) is 2.02.